The lowest BCUT2D eigenvalue weighted by molar-refractivity contribution is 0.625. The minimum atomic E-state index is -0.297. The molecule has 0 saturated carbocycles. The molecule has 0 spiro atoms. The standard InChI is InChI=1S/C11H11FN4/c1-8-14-15-9(2)16(8)13-7-10-5-3-4-6-11(10)12/h3-7H,1-2H3/b13-7-. The second kappa shape index (κ2) is 4.22. The Balaban J connectivity index is 2.32. The fraction of sp³-hybridized carbons (Fsp3) is 0.182. The van der Waals surface area contributed by atoms with Crippen molar-refractivity contribution in [3.63, 3.8) is 0 Å². The maximum atomic E-state index is 13.3. The lowest BCUT2D eigenvalue weighted by Gasteiger charge is -1.98. The number of nitrogens with zero attached hydrogens (tertiary/aromatic N) is 4. The van der Waals surface area contributed by atoms with Gasteiger partial charge in [0.2, 0.25) is 0 Å². The Hall–Kier alpha value is -2.04. The molecule has 5 heteroatoms. The van der Waals surface area contributed by atoms with Crippen LogP contribution in [0.4, 0.5) is 4.39 Å². The fourth-order valence-electron chi connectivity index (χ4n) is 1.33. The van der Waals surface area contributed by atoms with Gasteiger partial charge in [0.1, 0.15) is 5.82 Å². The summed E-state index contributed by atoms with van der Waals surface area (Å²) >= 11 is 0. The molecule has 0 aliphatic rings. The van der Waals surface area contributed by atoms with Crippen molar-refractivity contribution in [2.45, 2.75) is 13.8 Å². The molecule has 0 unspecified atom stereocenters. The normalized spacial score (nSPS) is 11.2. The first-order valence-corrected chi connectivity index (χ1v) is 4.86. The van der Waals surface area contributed by atoms with Crippen molar-refractivity contribution in [1.29, 1.82) is 0 Å². The zero-order valence-electron chi connectivity index (χ0n) is 9.05. The molecule has 0 saturated heterocycles. The van der Waals surface area contributed by atoms with Crippen LogP contribution in [0.5, 0.6) is 0 Å². The molecule has 0 bridgehead atoms. The van der Waals surface area contributed by atoms with Crippen molar-refractivity contribution in [2.24, 2.45) is 5.10 Å². The first-order valence-electron chi connectivity index (χ1n) is 4.86. The Bertz CT molecular complexity index is 511. The van der Waals surface area contributed by atoms with Gasteiger partial charge in [-0.1, -0.05) is 18.2 Å². The van der Waals surface area contributed by atoms with E-state index in [1.54, 1.807) is 36.7 Å². The van der Waals surface area contributed by atoms with Gasteiger partial charge >= 0.3 is 0 Å². The number of benzene rings is 1. The Morgan fingerprint density at radius 1 is 1.19 bits per heavy atom. The number of halogens is 1. The minimum Gasteiger partial charge on any atom is -0.206 e. The molecule has 16 heavy (non-hydrogen) atoms. The molecule has 0 atom stereocenters. The molecule has 0 N–H and O–H groups in total. The SMILES string of the molecule is Cc1nnc(C)n1/N=C\c1ccccc1F. The fourth-order valence-corrected chi connectivity index (χ4v) is 1.33. The van der Waals surface area contributed by atoms with Crippen LogP contribution in [0.2, 0.25) is 0 Å². The molecule has 1 aromatic heterocycles. The summed E-state index contributed by atoms with van der Waals surface area (Å²) in [6.45, 7) is 3.58. The highest BCUT2D eigenvalue weighted by atomic mass is 19.1. The van der Waals surface area contributed by atoms with Crippen molar-refractivity contribution in [3.8, 4) is 0 Å². The molecule has 0 radical (unpaired) electrons. The Labute approximate surface area is 92.4 Å². The van der Waals surface area contributed by atoms with E-state index in [4.69, 9.17) is 0 Å². The van der Waals surface area contributed by atoms with E-state index in [9.17, 15) is 4.39 Å². The van der Waals surface area contributed by atoms with Crippen LogP contribution in [0.3, 0.4) is 0 Å². The van der Waals surface area contributed by atoms with E-state index in [0.717, 1.165) is 0 Å². The van der Waals surface area contributed by atoms with E-state index in [2.05, 4.69) is 15.3 Å². The molecule has 82 valence electrons. The Morgan fingerprint density at radius 2 is 1.81 bits per heavy atom. The maximum Gasteiger partial charge on any atom is 0.151 e. The number of hydrogen-bond donors (Lipinski definition) is 0. The number of rotatable bonds is 2. The molecule has 0 aliphatic heterocycles. The highest BCUT2D eigenvalue weighted by Crippen LogP contribution is 2.04. The number of hydrogen-bond acceptors (Lipinski definition) is 3. The predicted molar refractivity (Wildman–Crippen MR) is 58.9 cm³/mol. The van der Waals surface area contributed by atoms with E-state index in [-0.39, 0.29) is 5.82 Å². The van der Waals surface area contributed by atoms with Crippen molar-refractivity contribution >= 4 is 6.21 Å². The monoisotopic (exact) mass is 218 g/mol. The van der Waals surface area contributed by atoms with Gasteiger partial charge in [-0.25, -0.2) is 9.07 Å². The quantitative estimate of drug-likeness (QED) is 0.723. The van der Waals surface area contributed by atoms with Gasteiger partial charge in [0.15, 0.2) is 11.6 Å². The van der Waals surface area contributed by atoms with Crippen LogP contribution >= 0.6 is 0 Å². The molecular weight excluding hydrogens is 207 g/mol. The van der Waals surface area contributed by atoms with E-state index in [1.807, 2.05) is 0 Å². The molecule has 0 amide bonds. The van der Waals surface area contributed by atoms with Crippen LogP contribution in [0.25, 0.3) is 0 Å². The lowest BCUT2D eigenvalue weighted by atomic mass is 10.2. The summed E-state index contributed by atoms with van der Waals surface area (Å²) < 4.78 is 14.8. The zero-order valence-corrected chi connectivity index (χ0v) is 9.05. The summed E-state index contributed by atoms with van der Waals surface area (Å²) in [5.74, 6) is 1.05. The van der Waals surface area contributed by atoms with Gasteiger partial charge < -0.3 is 0 Å². The van der Waals surface area contributed by atoms with Crippen molar-refractivity contribution in [3.05, 3.63) is 47.3 Å². The average Bonchev–Trinajstić information content (AvgIpc) is 2.58. The van der Waals surface area contributed by atoms with Crippen LogP contribution in [0, 0.1) is 19.7 Å². The molecule has 0 fully saturated rings. The van der Waals surface area contributed by atoms with Gasteiger partial charge in [-0.15, -0.1) is 10.2 Å². The van der Waals surface area contributed by atoms with Crippen LogP contribution < -0.4 is 0 Å². The average molecular weight is 218 g/mol. The van der Waals surface area contributed by atoms with Gasteiger partial charge in [0.25, 0.3) is 0 Å². The molecule has 1 aromatic carbocycles. The summed E-state index contributed by atoms with van der Waals surface area (Å²) in [5, 5.41) is 11.8. The minimum absolute atomic E-state index is 0.297. The predicted octanol–water partition coefficient (Wildman–Crippen LogP) is 1.92. The van der Waals surface area contributed by atoms with Crippen molar-refractivity contribution < 1.29 is 4.39 Å². The lowest BCUT2D eigenvalue weighted by Crippen LogP contribution is -1.97. The summed E-state index contributed by atoms with van der Waals surface area (Å²) in [6.07, 6.45) is 1.46. The first-order chi connectivity index (χ1) is 7.68. The van der Waals surface area contributed by atoms with Crippen LogP contribution in [0.15, 0.2) is 29.4 Å². The third-order valence-corrected chi connectivity index (χ3v) is 2.17. The third kappa shape index (κ3) is 1.98. The highest BCUT2D eigenvalue weighted by molar-refractivity contribution is 5.79. The van der Waals surface area contributed by atoms with Crippen LogP contribution in [-0.2, 0) is 0 Å². The van der Waals surface area contributed by atoms with Gasteiger partial charge in [0.05, 0.1) is 6.21 Å². The van der Waals surface area contributed by atoms with Crippen molar-refractivity contribution in [2.75, 3.05) is 0 Å². The highest BCUT2D eigenvalue weighted by Gasteiger charge is 2.02. The second-order valence-corrected chi connectivity index (χ2v) is 3.37. The zero-order chi connectivity index (χ0) is 11.5. The van der Waals surface area contributed by atoms with Crippen molar-refractivity contribution in [1.82, 2.24) is 14.9 Å². The van der Waals surface area contributed by atoms with Gasteiger partial charge in [-0.05, 0) is 19.9 Å². The Morgan fingerprint density at radius 3 is 2.44 bits per heavy atom. The number of aromatic nitrogens is 3. The van der Waals surface area contributed by atoms with E-state index < -0.39 is 0 Å². The Kier molecular flexibility index (Phi) is 2.76. The second-order valence-electron chi connectivity index (χ2n) is 3.37. The summed E-state index contributed by atoms with van der Waals surface area (Å²) in [7, 11) is 0. The van der Waals surface area contributed by atoms with Crippen LogP contribution in [0.1, 0.15) is 17.2 Å². The summed E-state index contributed by atoms with van der Waals surface area (Å²) in [5.41, 5.74) is 0.440. The van der Waals surface area contributed by atoms with E-state index >= 15 is 0 Å². The third-order valence-electron chi connectivity index (χ3n) is 2.17. The molecular formula is C11H11FN4. The molecule has 2 aromatic rings. The van der Waals surface area contributed by atoms with Gasteiger partial charge in [-0.3, -0.25) is 0 Å². The smallest absolute Gasteiger partial charge is 0.151 e. The van der Waals surface area contributed by atoms with Gasteiger partial charge in [0, 0.05) is 5.56 Å². The van der Waals surface area contributed by atoms with Crippen LogP contribution in [-0.4, -0.2) is 21.1 Å². The first kappa shape index (κ1) is 10.5. The molecule has 1 heterocycles. The topological polar surface area (TPSA) is 43.1 Å². The maximum absolute atomic E-state index is 13.3. The van der Waals surface area contributed by atoms with E-state index in [1.165, 1.54) is 12.3 Å². The largest absolute Gasteiger partial charge is 0.206 e. The summed E-state index contributed by atoms with van der Waals surface area (Å²) in [4.78, 5) is 0. The van der Waals surface area contributed by atoms with Gasteiger partial charge in [-0.2, -0.15) is 5.10 Å². The molecule has 4 nitrogen and oxygen atoms in total. The molecule has 2 rings (SSSR count). The number of aryl methyl sites for hydroxylation is 2. The summed E-state index contributed by atoms with van der Waals surface area (Å²) in [6, 6.07) is 6.46. The van der Waals surface area contributed by atoms with E-state index in [0.29, 0.717) is 17.2 Å². The molecule has 0 aliphatic carbocycles.